The summed E-state index contributed by atoms with van der Waals surface area (Å²) in [7, 11) is 0. The molecule has 1 aromatic carbocycles. The summed E-state index contributed by atoms with van der Waals surface area (Å²) in [6.45, 7) is 2.25. The highest BCUT2D eigenvalue weighted by atomic mass is 15.1. The van der Waals surface area contributed by atoms with E-state index in [-0.39, 0.29) is 0 Å². The zero-order chi connectivity index (χ0) is 11.8. The molecule has 2 N–H and O–H groups in total. The van der Waals surface area contributed by atoms with E-state index in [9.17, 15) is 0 Å². The van der Waals surface area contributed by atoms with Gasteiger partial charge in [0.25, 0.3) is 0 Å². The number of rotatable bonds is 1. The topological polar surface area (TPSA) is 43.8 Å². The van der Waals surface area contributed by atoms with Gasteiger partial charge in [-0.05, 0) is 26.2 Å². The minimum atomic E-state index is 0.499. The maximum atomic E-state index is 6.03. The average Bonchev–Trinajstić information content (AvgIpc) is 2.70. The molecule has 3 rings (SSSR count). The first-order chi connectivity index (χ1) is 8.27. The maximum Gasteiger partial charge on any atom is 0.145 e. The number of hydrogen-bond acceptors (Lipinski definition) is 2. The Morgan fingerprint density at radius 3 is 2.82 bits per heavy atom. The van der Waals surface area contributed by atoms with Crippen molar-refractivity contribution in [1.29, 1.82) is 0 Å². The zero-order valence-electron chi connectivity index (χ0n) is 10.1. The Balaban J connectivity index is 2.18. The van der Waals surface area contributed by atoms with Crippen LogP contribution < -0.4 is 5.73 Å². The van der Waals surface area contributed by atoms with E-state index in [1.54, 1.807) is 0 Å². The maximum absolute atomic E-state index is 6.03. The monoisotopic (exact) mass is 227 g/mol. The second-order valence-corrected chi connectivity index (χ2v) is 4.74. The van der Waals surface area contributed by atoms with Gasteiger partial charge in [-0.3, -0.25) is 0 Å². The predicted octanol–water partition coefficient (Wildman–Crippen LogP) is 3.03. The van der Waals surface area contributed by atoms with Gasteiger partial charge < -0.3 is 10.3 Å². The van der Waals surface area contributed by atoms with Gasteiger partial charge in [-0.25, -0.2) is 4.98 Å². The van der Waals surface area contributed by atoms with Gasteiger partial charge >= 0.3 is 0 Å². The second-order valence-electron chi connectivity index (χ2n) is 4.74. The normalized spacial score (nSPS) is 19.0. The number of hydrogen-bond donors (Lipinski definition) is 1. The first-order valence-corrected chi connectivity index (χ1v) is 6.19. The molecule has 0 bridgehead atoms. The molecule has 3 heteroatoms. The summed E-state index contributed by atoms with van der Waals surface area (Å²) in [5.74, 6) is 1.72. The third-order valence-corrected chi connectivity index (χ3v) is 3.55. The predicted molar refractivity (Wildman–Crippen MR) is 69.7 cm³/mol. The van der Waals surface area contributed by atoms with Crippen LogP contribution in [0.5, 0.6) is 0 Å². The van der Waals surface area contributed by atoms with Crippen molar-refractivity contribution in [2.24, 2.45) is 0 Å². The van der Waals surface area contributed by atoms with E-state index in [1.807, 2.05) is 18.2 Å². The Morgan fingerprint density at radius 1 is 1.29 bits per heavy atom. The quantitative estimate of drug-likeness (QED) is 0.813. The van der Waals surface area contributed by atoms with Crippen LogP contribution in [0.1, 0.15) is 31.5 Å². The van der Waals surface area contributed by atoms with Crippen molar-refractivity contribution in [1.82, 2.24) is 9.55 Å². The molecule has 0 saturated carbocycles. The van der Waals surface area contributed by atoms with Gasteiger partial charge in [-0.15, -0.1) is 0 Å². The van der Waals surface area contributed by atoms with Crippen molar-refractivity contribution in [3.05, 3.63) is 36.0 Å². The van der Waals surface area contributed by atoms with E-state index in [1.165, 1.54) is 18.5 Å². The lowest BCUT2D eigenvalue weighted by Crippen LogP contribution is -2.16. The van der Waals surface area contributed by atoms with Crippen LogP contribution in [0.3, 0.4) is 0 Å². The number of fused-ring (bicyclic) bond motifs is 1. The lowest BCUT2D eigenvalue weighted by molar-refractivity contribution is 0.436. The molecule has 0 radical (unpaired) electrons. The molecule has 0 aliphatic carbocycles. The second kappa shape index (κ2) is 3.91. The Hall–Kier alpha value is -1.77. The van der Waals surface area contributed by atoms with Crippen LogP contribution in [0.4, 0.5) is 5.82 Å². The van der Waals surface area contributed by atoms with Crippen LogP contribution in [-0.4, -0.2) is 9.55 Å². The highest BCUT2D eigenvalue weighted by Crippen LogP contribution is 2.34. The van der Waals surface area contributed by atoms with Gasteiger partial charge in [0.2, 0.25) is 0 Å². The number of benzene rings is 1. The molecule has 1 atom stereocenters. The Kier molecular flexibility index (Phi) is 2.39. The van der Waals surface area contributed by atoms with E-state index in [0.29, 0.717) is 11.9 Å². The first-order valence-electron chi connectivity index (χ1n) is 6.19. The lowest BCUT2D eigenvalue weighted by Gasteiger charge is -2.24. The van der Waals surface area contributed by atoms with Crippen molar-refractivity contribution in [2.75, 3.05) is 5.73 Å². The largest absolute Gasteiger partial charge is 0.382 e. The van der Waals surface area contributed by atoms with Crippen molar-refractivity contribution in [3.63, 3.8) is 0 Å². The molecule has 0 spiro atoms. The van der Waals surface area contributed by atoms with Gasteiger partial charge in [0, 0.05) is 11.6 Å². The number of nitrogens with zero attached hydrogens (tertiary/aromatic N) is 2. The summed E-state index contributed by atoms with van der Waals surface area (Å²) in [5, 5.41) is 0. The summed E-state index contributed by atoms with van der Waals surface area (Å²) < 4.78 is 2.31. The third-order valence-electron chi connectivity index (χ3n) is 3.55. The average molecular weight is 227 g/mol. The smallest absolute Gasteiger partial charge is 0.145 e. The summed E-state index contributed by atoms with van der Waals surface area (Å²) >= 11 is 0. The molecule has 1 aliphatic rings. The van der Waals surface area contributed by atoms with Gasteiger partial charge in [0.1, 0.15) is 11.6 Å². The third kappa shape index (κ3) is 1.62. The van der Waals surface area contributed by atoms with E-state index < -0.39 is 0 Å². The van der Waals surface area contributed by atoms with Crippen molar-refractivity contribution in [2.45, 2.75) is 32.2 Å². The molecule has 88 valence electrons. The molecule has 2 aromatic rings. The highest BCUT2D eigenvalue weighted by Gasteiger charge is 2.23. The Labute approximate surface area is 101 Å². The van der Waals surface area contributed by atoms with Gasteiger partial charge in [0.15, 0.2) is 0 Å². The summed E-state index contributed by atoms with van der Waals surface area (Å²) in [4.78, 5) is 4.55. The molecule has 1 aromatic heterocycles. The summed E-state index contributed by atoms with van der Waals surface area (Å²) in [6.07, 6.45) is 3.48. The molecule has 0 amide bonds. The van der Waals surface area contributed by atoms with Crippen molar-refractivity contribution >= 4 is 5.82 Å². The van der Waals surface area contributed by atoms with Gasteiger partial charge in [-0.1, -0.05) is 30.3 Å². The zero-order valence-corrected chi connectivity index (χ0v) is 10.1. The minimum absolute atomic E-state index is 0.499. The van der Waals surface area contributed by atoms with Crippen LogP contribution in [0.15, 0.2) is 30.3 Å². The van der Waals surface area contributed by atoms with E-state index >= 15 is 0 Å². The molecule has 0 fully saturated rings. The number of imidazole rings is 1. The van der Waals surface area contributed by atoms with Crippen LogP contribution in [0.2, 0.25) is 0 Å². The minimum Gasteiger partial charge on any atom is -0.382 e. The highest BCUT2D eigenvalue weighted by molar-refractivity contribution is 5.60. The van der Waals surface area contributed by atoms with Gasteiger partial charge in [-0.2, -0.15) is 0 Å². The first kappa shape index (κ1) is 10.4. The number of nitrogens with two attached hydrogens (primary N) is 1. The molecule has 1 aliphatic heterocycles. The van der Waals surface area contributed by atoms with Crippen LogP contribution in [0, 0.1) is 0 Å². The molecule has 0 saturated heterocycles. The molecular formula is C14H17N3. The fraction of sp³-hybridized carbons (Fsp3) is 0.357. The summed E-state index contributed by atoms with van der Waals surface area (Å²) in [6, 6.07) is 10.8. The number of nitrogen functional groups attached to an aromatic ring is 1. The Morgan fingerprint density at radius 2 is 2.06 bits per heavy atom. The van der Waals surface area contributed by atoms with E-state index in [4.69, 9.17) is 5.73 Å². The standard InChI is InChI=1S/C14H17N3/c1-10-6-5-9-12-13(15)16-14(17(10)12)11-7-3-2-4-8-11/h2-4,7-8,10H,5-6,9,15H2,1H3. The molecule has 1 unspecified atom stereocenters. The molecule has 3 nitrogen and oxygen atoms in total. The van der Waals surface area contributed by atoms with Crippen LogP contribution >= 0.6 is 0 Å². The summed E-state index contributed by atoms with van der Waals surface area (Å²) in [5.41, 5.74) is 8.39. The van der Waals surface area contributed by atoms with E-state index in [2.05, 4.69) is 28.6 Å². The molecule has 2 heterocycles. The SMILES string of the molecule is CC1CCCc2c(N)nc(-c3ccccc3)n21. The number of aromatic nitrogens is 2. The van der Waals surface area contributed by atoms with Crippen LogP contribution in [0.25, 0.3) is 11.4 Å². The number of anilines is 1. The fourth-order valence-electron chi connectivity index (χ4n) is 2.69. The van der Waals surface area contributed by atoms with E-state index in [0.717, 1.165) is 17.8 Å². The lowest BCUT2D eigenvalue weighted by atomic mass is 10.0. The molecule has 17 heavy (non-hydrogen) atoms. The van der Waals surface area contributed by atoms with Crippen LogP contribution in [-0.2, 0) is 6.42 Å². The van der Waals surface area contributed by atoms with Crippen molar-refractivity contribution < 1.29 is 0 Å². The fourth-order valence-corrected chi connectivity index (χ4v) is 2.69. The van der Waals surface area contributed by atoms with Crippen molar-refractivity contribution in [3.8, 4) is 11.4 Å². The Bertz CT molecular complexity index is 528. The van der Waals surface area contributed by atoms with Gasteiger partial charge in [0.05, 0.1) is 5.69 Å². The molecular weight excluding hydrogens is 210 g/mol.